The van der Waals surface area contributed by atoms with Crippen LogP contribution in [-0.2, 0) is 11.2 Å². The van der Waals surface area contributed by atoms with Crippen LogP contribution in [0.2, 0.25) is 0 Å². The number of nitrogens with zero attached hydrogens (tertiary/aromatic N) is 1. The molecule has 3 rings (SSSR count). The molecule has 1 unspecified atom stereocenters. The normalized spacial score (nSPS) is 16.5. The molecule has 0 saturated carbocycles. The first-order valence-corrected chi connectivity index (χ1v) is 6.24. The van der Waals surface area contributed by atoms with Crippen molar-refractivity contribution in [1.82, 2.24) is 10.3 Å². The lowest BCUT2D eigenvalue weighted by Crippen LogP contribution is -2.30. The van der Waals surface area contributed by atoms with Crippen LogP contribution < -0.4 is 10.1 Å². The molecule has 1 aliphatic rings. The first-order chi connectivity index (χ1) is 9.33. The summed E-state index contributed by atoms with van der Waals surface area (Å²) < 4.78 is 5.53. The second-order valence-corrected chi connectivity index (χ2v) is 4.47. The first-order valence-electron chi connectivity index (χ1n) is 6.24. The van der Waals surface area contributed by atoms with Gasteiger partial charge in [-0.2, -0.15) is 0 Å². The van der Waals surface area contributed by atoms with Gasteiger partial charge in [-0.05, 0) is 18.2 Å². The summed E-state index contributed by atoms with van der Waals surface area (Å²) in [6.07, 6.45) is 1.98. The molecule has 4 nitrogen and oxygen atoms in total. The maximum Gasteiger partial charge on any atom is 0.226 e. The summed E-state index contributed by atoms with van der Waals surface area (Å²) in [5.41, 5.74) is 1.81. The maximum atomic E-state index is 12.0. The van der Waals surface area contributed by atoms with Crippen molar-refractivity contribution in [2.45, 2.75) is 12.5 Å². The van der Waals surface area contributed by atoms with Gasteiger partial charge in [0.2, 0.25) is 5.91 Å². The standard InChI is InChI=1S/C15H14N2O2/c18-15(9-11-5-3-4-8-16-11)17-13-10-19-14-7-2-1-6-12(13)14/h1-8,13H,9-10H2,(H,17,18). The van der Waals surface area contributed by atoms with E-state index in [0.29, 0.717) is 13.0 Å². The van der Waals surface area contributed by atoms with Gasteiger partial charge in [-0.25, -0.2) is 0 Å². The van der Waals surface area contributed by atoms with E-state index in [0.717, 1.165) is 17.0 Å². The highest BCUT2D eigenvalue weighted by Gasteiger charge is 2.24. The lowest BCUT2D eigenvalue weighted by molar-refractivity contribution is -0.121. The monoisotopic (exact) mass is 254 g/mol. The quantitative estimate of drug-likeness (QED) is 0.909. The van der Waals surface area contributed by atoms with E-state index in [4.69, 9.17) is 4.74 Å². The van der Waals surface area contributed by atoms with E-state index in [1.807, 2.05) is 42.5 Å². The van der Waals surface area contributed by atoms with E-state index in [2.05, 4.69) is 10.3 Å². The molecule has 0 radical (unpaired) electrons. The van der Waals surface area contributed by atoms with Gasteiger partial charge in [-0.15, -0.1) is 0 Å². The molecule has 2 aromatic rings. The highest BCUT2D eigenvalue weighted by atomic mass is 16.5. The van der Waals surface area contributed by atoms with Crippen LogP contribution in [0.4, 0.5) is 0 Å². The van der Waals surface area contributed by atoms with Crippen LogP contribution in [0.5, 0.6) is 5.75 Å². The number of carbonyl (C=O) groups is 1. The lowest BCUT2D eigenvalue weighted by Gasteiger charge is -2.11. The fraction of sp³-hybridized carbons (Fsp3) is 0.200. The molecule has 4 heteroatoms. The Hall–Kier alpha value is -2.36. The first kappa shape index (κ1) is 11.7. The van der Waals surface area contributed by atoms with Gasteiger partial charge >= 0.3 is 0 Å². The van der Waals surface area contributed by atoms with Crippen LogP contribution in [0.15, 0.2) is 48.7 Å². The van der Waals surface area contributed by atoms with Crippen molar-refractivity contribution in [2.24, 2.45) is 0 Å². The Labute approximate surface area is 111 Å². The predicted molar refractivity (Wildman–Crippen MR) is 70.8 cm³/mol. The van der Waals surface area contributed by atoms with Crippen molar-refractivity contribution in [3.8, 4) is 5.75 Å². The number of ether oxygens (including phenoxy) is 1. The molecular formula is C15H14N2O2. The fourth-order valence-electron chi connectivity index (χ4n) is 2.19. The van der Waals surface area contributed by atoms with Crippen LogP contribution >= 0.6 is 0 Å². The van der Waals surface area contributed by atoms with Crippen LogP contribution in [-0.4, -0.2) is 17.5 Å². The number of carbonyl (C=O) groups excluding carboxylic acids is 1. The molecule has 0 aliphatic carbocycles. The van der Waals surface area contributed by atoms with Gasteiger partial charge in [0.05, 0.1) is 12.5 Å². The summed E-state index contributed by atoms with van der Waals surface area (Å²) in [6.45, 7) is 0.493. The third-order valence-electron chi connectivity index (χ3n) is 3.10. The number of benzene rings is 1. The molecule has 0 spiro atoms. The molecule has 0 fully saturated rings. The summed E-state index contributed by atoms with van der Waals surface area (Å²) >= 11 is 0. The number of nitrogens with one attached hydrogen (secondary N) is 1. The predicted octanol–water partition coefficient (Wildman–Crippen LogP) is 1.87. The number of para-hydroxylation sites is 1. The third kappa shape index (κ3) is 2.57. The molecular weight excluding hydrogens is 240 g/mol. The Morgan fingerprint density at radius 3 is 2.95 bits per heavy atom. The zero-order valence-electron chi connectivity index (χ0n) is 10.4. The van der Waals surface area contributed by atoms with Gasteiger partial charge in [0.25, 0.3) is 0 Å². The minimum Gasteiger partial charge on any atom is -0.491 e. The number of rotatable bonds is 3. The molecule has 96 valence electrons. The van der Waals surface area contributed by atoms with E-state index in [9.17, 15) is 4.79 Å². The Bertz CT molecular complexity index is 584. The van der Waals surface area contributed by atoms with Crippen molar-refractivity contribution in [3.63, 3.8) is 0 Å². The van der Waals surface area contributed by atoms with Gasteiger partial charge in [0.15, 0.2) is 0 Å². The lowest BCUT2D eigenvalue weighted by atomic mass is 10.1. The SMILES string of the molecule is O=C(Cc1ccccn1)NC1COc2ccccc21. The summed E-state index contributed by atoms with van der Waals surface area (Å²) in [6, 6.07) is 13.3. The van der Waals surface area contributed by atoms with Crippen LogP contribution in [0.3, 0.4) is 0 Å². The largest absolute Gasteiger partial charge is 0.491 e. The van der Waals surface area contributed by atoms with Crippen LogP contribution in [0.25, 0.3) is 0 Å². The highest BCUT2D eigenvalue weighted by Crippen LogP contribution is 2.31. The topological polar surface area (TPSA) is 51.2 Å². The van der Waals surface area contributed by atoms with Gasteiger partial charge in [0.1, 0.15) is 12.4 Å². The molecule has 1 aromatic carbocycles. The van der Waals surface area contributed by atoms with E-state index >= 15 is 0 Å². The average molecular weight is 254 g/mol. The zero-order valence-corrected chi connectivity index (χ0v) is 10.4. The van der Waals surface area contributed by atoms with Crippen molar-refractivity contribution in [1.29, 1.82) is 0 Å². The van der Waals surface area contributed by atoms with Crippen molar-refractivity contribution in [2.75, 3.05) is 6.61 Å². The minimum absolute atomic E-state index is 0.0380. The molecule has 2 heterocycles. The van der Waals surface area contributed by atoms with E-state index in [1.54, 1.807) is 6.20 Å². The average Bonchev–Trinajstić information content (AvgIpc) is 2.83. The molecule has 1 aliphatic heterocycles. The number of amides is 1. The zero-order chi connectivity index (χ0) is 13.1. The Morgan fingerprint density at radius 2 is 2.11 bits per heavy atom. The van der Waals surface area contributed by atoms with Crippen molar-refractivity contribution < 1.29 is 9.53 Å². The van der Waals surface area contributed by atoms with Crippen molar-refractivity contribution >= 4 is 5.91 Å². The molecule has 1 aromatic heterocycles. The maximum absolute atomic E-state index is 12.0. The van der Waals surface area contributed by atoms with E-state index in [1.165, 1.54) is 0 Å². The molecule has 1 atom stereocenters. The summed E-state index contributed by atoms with van der Waals surface area (Å²) in [7, 11) is 0. The van der Waals surface area contributed by atoms with Gasteiger partial charge < -0.3 is 10.1 Å². The Kier molecular flexibility index (Phi) is 3.14. The van der Waals surface area contributed by atoms with Crippen LogP contribution in [0.1, 0.15) is 17.3 Å². The van der Waals surface area contributed by atoms with E-state index < -0.39 is 0 Å². The van der Waals surface area contributed by atoms with Crippen LogP contribution in [0, 0.1) is 0 Å². The number of fused-ring (bicyclic) bond motifs is 1. The smallest absolute Gasteiger partial charge is 0.226 e. The number of hydrogen-bond donors (Lipinski definition) is 1. The van der Waals surface area contributed by atoms with Gasteiger partial charge in [-0.1, -0.05) is 24.3 Å². The third-order valence-corrected chi connectivity index (χ3v) is 3.10. The Balaban J connectivity index is 1.65. The summed E-state index contributed by atoms with van der Waals surface area (Å²) in [5.74, 6) is 0.814. The summed E-state index contributed by atoms with van der Waals surface area (Å²) in [5, 5.41) is 2.98. The second kappa shape index (κ2) is 5.10. The number of aromatic nitrogens is 1. The molecule has 0 saturated heterocycles. The molecule has 19 heavy (non-hydrogen) atoms. The number of hydrogen-bond acceptors (Lipinski definition) is 3. The molecule has 1 N–H and O–H groups in total. The van der Waals surface area contributed by atoms with Crippen molar-refractivity contribution in [3.05, 3.63) is 59.9 Å². The highest BCUT2D eigenvalue weighted by molar-refractivity contribution is 5.78. The number of pyridine rings is 1. The molecule has 0 bridgehead atoms. The minimum atomic E-state index is -0.0626. The van der Waals surface area contributed by atoms with E-state index in [-0.39, 0.29) is 11.9 Å². The summed E-state index contributed by atoms with van der Waals surface area (Å²) in [4.78, 5) is 16.1. The second-order valence-electron chi connectivity index (χ2n) is 4.47. The molecule has 1 amide bonds. The van der Waals surface area contributed by atoms with Gasteiger partial charge in [-0.3, -0.25) is 9.78 Å². The fourth-order valence-corrected chi connectivity index (χ4v) is 2.19. The Morgan fingerprint density at radius 1 is 1.26 bits per heavy atom. The van der Waals surface area contributed by atoms with Gasteiger partial charge in [0, 0.05) is 17.5 Å².